The monoisotopic (exact) mass is 207 g/mol. The van der Waals surface area contributed by atoms with Gasteiger partial charge in [0.05, 0.1) is 6.29 Å². The SMILES string of the molecule is CP(=O)(O)CN1CCCC1C(=O)O. The van der Waals surface area contributed by atoms with E-state index in [-0.39, 0.29) is 6.29 Å². The first-order chi connectivity index (χ1) is 5.90. The molecule has 0 saturated carbocycles. The van der Waals surface area contributed by atoms with Crippen molar-refractivity contribution in [2.75, 3.05) is 19.5 Å². The van der Waals surface area contributed by atoms with Gasteiger partial charge in [-0.1, -0.05) is 0 Å². The maximum atomic E-state index is 11.1. The van der Waals surface area contributed by atoms with Crippen LogP contribution >= 0.6 is 7.37 Å². The van der Waals surface area contributed by atoms with Gasteiger partial charge in [-0.15, -0.1) is 0 Å². The fourth-order valence-corrected chi connectivity index (χ4v) is 2.62. The number of nitrogens with zero attached hydrogens (tertiary/aromatic N) is 1. The molecule has 1 saturated heterocycles. The summed E-state index contributed by atoms with van der Waals surface area (Å²) in [5.74, 6) is -0.897. The van der Waals surface area contributed by atoms with Crippen LogP contribution in [0.25, 0.3) is 0 Å². The number of hydrogen-bond acceptors (Lipinski definition) is 3. The lowest BCUT2D eigenvalue weighted by atomic mass is 10.2. The first kappa shape index (κ1) is 10.7. The van der Waals surface area contributed by atoms with E-state index >= 15 is 0 Å². The molecule has 2 unspecified atom stereocenters. The van der Waals surface area contributed by atoms with Crippen LogP contribution in [-0.2, 0) is 9.36 Å². The highest BCUT2D eigenvalue weighted by Gasteiger charge is 2.33. The normalized spacial score (nSPS) is 28.6. The summed E-state index contributed by atoms with van der Waals surface area (Å²) in [6.45, 7) is 1.86. The molecule has 2 N–H and O–H groups in total. The molecular weight excluding hydrogens is 193 g/mol. The zero-order valence-corrected chi connectivity index (χ0v) is 8.41. The van der Waals surface area contributed by atoms with Crippen LogP contribution in [0, 0.1) is 0 Å². The van der Waals surface area contributed by atoms with E-state index in [1.54, 1.807) is 4.90 Å². The third-order valence-corrected chi connectivity index (χ3v) is 2.98. The molecule has 1 aliphatic heterocycles. The van der Waals surface area contributed by atoms with E-state index in [9.17, 15) is 9.36 Å². The van der Waals surface area contributed by atoms with Crippen molar-refractivity contribution in [2.45, 2.75) is 18.9 Å². The lowest BCUT2D eigenvalue weighted by molar-refractivity contribution is -0.141. The van der Waals surface area contributed by atoms with E-state index in [1.807, 2.05) is 0 Å². The molecule has 2 atom stereocenters. The average Bonchev–Trinajstić information content (AvgIpc) is 2.31. The number of likely N-dealkylation sites (tertiary alicyclic amines) is 1. The van der Waals surface area contributed by atoms with Gasteiger partial charge in [0.25, 0.3) is 0 Å². The number of carboxylic acid groups (broad SMARTS) is 1. The average molecular weight is 207 g/mol. The van der Waals surface area contributed by atoms with Crippen molar-refractivity contribution in [3.8, 4) is 0 Å². The van der Waals surface area contributed by atoms with Crippen LogP contribution in [0.15, 0.2) is 0 Å². The smallest absolute Gasteiger partial charge is 0.320 e. The van der Waals surface area contributed by atoms with Crippen LogP contribution in [0.4, 0.5) is 0 Å². The molecule has 76 valence electrons. The van der Waals surface area contributed by atoms with Crippen LogP contribution in [-0.4, -0.2) is 46.4 Å². The van der Waals surface area contributed by atoms with E-state index in [2.05, 4.69) is 0 Å². The number of carboxylic acids is 1. The molecule has 0 aliphatic carbocycles. The highest BCUT2D eigenvalue weighted by molar-refractivity contribution is 7.57. The largest absolute Gasteiger partial charge is 0.480 e. The first-order valence-electron chi connectivity index (χ1n) is 4.16. The molecular formula is C7H14NO4P. The van der Waals surface area contributed by atoms with Gasteiger partial charge in [0.15, 0.2) is 0 Å². The predicted molar refractivity (Wildman–Crippen MR) is 48.0 cm³/mol. The molecule has 0 aromatic heterocycles. The maximum absolute atomic E-state index is 11.1. The Morgan fingerprint density at radius 3 is 2.77 bits per heavy atom. The number of aliphatic carboxylic acids is 1. The topological polar surface area (TPSA) is 77.8 Å². The Bertz CT molecular complexity index is 249. The van der Waals surface area contributed by atoms with Crippen molar-refractivity contribution >= 4 is 13.3 Å². The highest BCUT2D eigenvalue weighted by atomic mass is 31.2. The Morgan fingerprint density at radius 2 is 2.31 bits per heavy atom. The van der Waals surface area contributed by atoms with Gasteiger partial charge >= 0.3 is 5.97 Å². The number of rotatable bonds is 3. The third kappa shape index (κ3) is 3.10. The van der Waals surface area contributed by atoms with E-state index in [0.717, 1.165) is 6.42 Å². The molecule has 1 heterocycles. The predicted octanol–water partition coefficient (Wildman–Crippen LogP) is 0.393. The van der Waals surface area contributed by atoms with Crippen LogP contribution in [0.3, 0.4) is 0 Å². The quantitative estimate of drug-likeness (QED) is 0.654. The van der Waals surface area contributed by atoms with Crippen LogP contribution in [0.2, 0.25) is 0 Å². The van der Waals surface area contributed by atoms with Gasteiger partial charge in [0.2, 0.25) is 7.37 Å². The fourth-order valence-electron chi connectivity index (χ4n) is 1.61. The molecule has 0 bridgehead atoms. The van der Waals surface area contributed by atoms with Gasteiger partial charge < -0.3 is 10.00 Å². The second-order valence-corrected chi connectivity index (χ2v) is 5.89. The first-order valence-corrected chi connectivity index (χ1v) is 6.45. The molecule has 0 spiro atoms. The van der Waals surface area contributed by atoms with Gasteiger partial charge in [0.1, 0.15) is 6.04 Å². The lowest BCUT2D eigenvalue weighted by Crippen LogP contribution is -2.36. The van der Waals surface area contributed by atoms with Crippen LogP contribution in [0.1, 0.15) is 12.8 Å². The molecule has 0 amide bonds. The summed E-state index contributed by atoms with van der Waals surface area (Å²) < 4.78 is 11.1. The van der Waals surface area contributed by atoms with Crippen molar-refractivity contribution in [1.82, 2.24) is 4.90 Å². The maximum Gasteiger partial charge on any atom is 0.320 e. The number of carbonyl (C=O) groups is 1. The Kier molecular flexibility index (Phi) is 3.11. The zero-order valence-electron chi connectivity index (χ0n) is 7.51. The molecule has 5 nitrogen and oxygen atoms in total. The summed E-state index contributed by atoms with van der Waals surface area (Å²) in [7, 11) is -3.13. The minimum atomic E-state index is -3.13. The van der Waals surface area contributed by atoms with E-state index in [4.69, 9.17) is 10.00 Å². The van der Waals surface area contributed by atoms with Crippen molar-refractivity contribution in [3.05, 3.63) is 0 Å². The van der Waals surface area contributed by atoms with Gasteiger partial charge in [-0.05, 0) is 19.4 Å². The fraction of sp³-hybridized carbons (Fsp3) is 0.857. The van der Waals surface area contributed by atoms with Crippen molar-refractivity contribution in [2.24, 2.45) is 0 Å². The standard InChI is InChI=1S/C7H14NO4P/c1-13(11,12)5-8-4-2-3-6(8)7(9)10/h6H,2-5H2,1H3,(H,9,10)(H,11,12). The summed E-state index contributed by atoms with van der Waals surface area (Å²) in [6, 6.07) is -0.569. The van der Waals surface area contributed by atoms with Gasteiger partial charge in [0, 0.05) is 6.66 Å². The second-order valence-electron chi connectivity index (χ2n) is 3.50. The Morgan fingerprint density at radius 1 is 1.69 bits per heavy atom. The molecule has 0 aromatic carbocycles. The zero-order chi connectivity index (χ0) is 10.1. The van der Waals surface area contributed by atoms with E-state index < -0.39 is 19.4 Å². The Labute approximate surface area is 76.8 Å². The Balaban J connectivity index is 2.59. The summed E-state index contributed by atoms with van der Waals surface area (Å²) in [6.07, 6.45) is 1.36. The van der Waals surface area contributed by atoms with E-state index in [0.29, 0.717) is 13.0 Å². The van der Waals surface area contributed by atoms with E-state index in [1.165, 1.54) is 6.66 Å². The van der Waals surface area contributed by atoms with Crippen LogP contribution in [0.5, 0.6) is 0 Å². The molecule has 6 heteroatoms. The molecule has 13 heavy (non-hydrogen) atoms. The molecule has 1 fully saturated rings. The molecule has 1 aliphatic rings. The highest BCUT2D eigenvalue weighted by Crippen LogP contribution is 2.38. The minimum absolute atomic E-state index is 0.00995. The van der Waals surface area contributed by atoms with Crippen molar-refractivity contribution in [1.29, 1.82) is 0 Å². The van der Waals surface area contributed by atoms with Gasteiger partial charge in [-0.25, -0.2) is 0 Å². The Hall–Kier alpha value is -0.380. The van der Waals surface area contributed by atoms with Crippen molar-refractivity contribution in [3.63, 3.8) is 0 Å². The molecule has 0 radical (unpaired) electrons. The number of hydrogen-bond donors (Lipinski definition) is 2. The summed E-state index contributed by atoms with van der Waals surface area (Å²) >= 11 is 0. The summed E-state index contributed by atoms with van der Waals surface area (Å²) in [4.78, 5) is 21.4. The van der Waals surface area contributed by atoms with Crippen LogP contribution < -0.4 is 0 Å². The van der Waals surface area contributed by atoms with Crippen molar-refractivity contribution < 1.29 is 19.4 Å². The third-order valence-electron chi connectivity index (χ3n) is 2.09. The summed E-state index contributed by atoms with van der Waals surface area (Å²) in [5.41, 5.74) is 0. The van der Waals surface area contributed by atoms with Gasteiger partial charge in [-0.2, -0.15) is 0 Å². The summed E-state index contributed by atoms with van der Waals surface area (Å²) in [5, 5.41) is 8.77. The molecule has 1 rings (SSSR count). The lowest BCUT2D eigenvalue weighted by Gasteiger charge is -2.21. The molecule has 0 aromatic rings. The minimum Gasteiger partial charge on any atom is -0.480 e. The second kappa shape index (κ2) is 3.78. The van der Waals surface area contributed by atoms with Gasteiger partial charge in [-0.3, -0.25) is 14.3 Å².